The standard InChI is InChI=1S/C17H27NO2/c1-3-15(18)17(20-13-9-5-4-6-10-13)14-11-7-8-12-16(14)19-2/h7-8,11-13,15,17H,3-6,9-10,18H2,1-2H3. The predicted octanol–water partition coefficient (Wildman–Crippen LogP) is 3.82. The fourth-order valence-corrected chi connectivity index (χ4v) is 2.93. The monoisotopic (exact) mass is 277 g/mol. The van der Waals surface area contributed by atoms with E-state index in [1.54, 1.807) is 7.11 Å². The van der Waals surface area contributed by atoms with E-state index in [0.717, 1.165) is 30.6 Å². The molecule has 1 fully saturated rings. The first-order chi connectivity index (χ1) is 9.76. The van der Waals surface area contributed by atoms with E-state index in [2.05, 4.69) is 13.0 Å². The van der Waals surface area contributed by atoms with Gasteiger partial charge in [-0.05, 0) is 25.3 Å². The molecule has 0 radical (unpaired) electrons. The van der Waals surface area contributed by atoms with E-state index in [0.29, 0.717) is 6.10 Å². The van der Waals surface area contributed by atoms with E-state index in [4.69, 9.17) is 15.2 Å². The number of methoxy groups -OCH3 is 1. The molecule has 0 aliphatic heterocycles. The molecule has 1 aliphatic rings. The summed E-state index contributed by atoms with van der Waals surface area (Å²) in [5.41, 5.74) is 7.39. The van der Waals surface area contributed by atoms with E-state index < -0.39 is 0 Å². The molecule has 1 saturated carbocycles. The number of nitrogens with two attached hydrogens (primary N) is 1. The second kappa shape index (κ2) is 7.65. The van der Waals surface area contributed by atoms with Crippen LogP contribution in [0.15, 0.2) is 24.3 Å². The van der Waals surface area contributed by atoms with Crippen molar-refractivity contribution < 1.29 is 9.47 Å². The summed E-state index contributed by atoms with van der Waals surface area (Å²) in [7, 11) is 1.70. The molecule has 1 aliphatic carbocycles. The maximum atomic E-state index is 6.37. The number of hydrogen-bond acceptors (Lipinski definition) is 3. The van der Waals surface area contributed by atoms with Crippen LogP contribution in [0.2, 0.25) is 0 Å². The second-order valence-corrected chi connectivity index (χ2v) is 5.63. The quantitative estimate of drug-likeness (QED) is 0.859. The summed E-state index contributed by atoms with van der Waals surface area (Å²) in [6.07, 6.45) is 7.35. The van der Waals surface area contributed by atoms with Gasteiger partial charge in [0.05, 0.1) is 13.2 Å². The molecule has 2 unspecified atom stereocenters. The van der Waals surface area contributed by atoms with E-state index >= 15 is 0 Å². The molecule has 2 atom stereocenters. The Labute approximate surface area is 122 Å². The molecule has 0 bridgehead atoms. The zero-order valence-electron chi connectivity index (χ0n) is 12.7. The summed E-state index contributed by atoms with van der Waals surface area (Å²) in [5, 5.41) is 0. The van der Waals surface area contributed by atoms with Gasteiger partial charge in [-0.2, -0.15) is 0 Å². The predicted molar refractivity (Wildman–Crippen MR) is 82.0 cm³/mol. The maximum Gasteiger partial charge on any atom is 0.124 e. The summed E-state index contributed by atoms with van der Waals surface area (Å²) in [6.45, 7) is 2.11. The fourth-order valence-electron chi connectivity index (χ4n) is 2.93. The first-order valence-corrected chi connectivity index (χ1v) is 7.80. The number of hydrogen-bond donors (Lipinski definition) is 1. The normalized spacial score (nSPS) is 19.6. The highest BCUT2D eigenvalue weighted by atomic mass is 16.5. The SMILES string of the molecule is CCC(N)C(OC1CCCCC1)c1ccccc1OC. The molecule has 112 valence electrons. The van der Waals surface area contributed by atoms with Crippen LogP contribution >= 0.6 is 0 Å². The highest BCUT2D eigenvalue weighted by molar-refractivity contribution is 5.36. The first kappa shape index (κ1) is 15.3. The highest BCUT2D eigenvalue weighted by Crippen LogP contribution is 2.34. The molecule has 1 aromatic rings. The van der Waals surface area contributed by atoms with Crippen LogP contribution in [-0.2, 0) is 4.74 Å². The minimum atomic E-state index is -0.0701. The Morgan fingerprint density at radius 2 is 1.90 bits per heavy atom. The molecule has 3 nitrogen and oxygen atoms in total. The molecule has 0 saturated heterocycles. The van der Waals surface area contributed by atoms with Gasteiger partial charge in [0.2, 0.25) is 0 Å². The summed E-state index contributed by atoms with van der Waals surface area (Å²) in [6, 6.07) is 8.07. The van der Waals surface area contributed by atoms with E-state index in [1.165, 1.54) is 19.3 Å². The molecule has 0 amide bonds. The molecule has 0 heterocycles. The van der Waals surface area contributed by atoms with Gasteiger partial charge >= 0.3 is 0 Å². The maximum absolute atomic E-state index is 6.37. The lowest BCUT2D eigenvalue weighted by Gasteiger charge is -2.31. The van der Waals surface area contributed by atoms with Crippen LogP contribution < -0.4 is 10.5 Å². The number of ether oxygens (including phenoxy) is 2. The average Bonchev–Trinajstić information content (AvgIpc) is 2.53. The van der Waals surface area contributed by atoms with Crippen LogP contribution in [0.3, 0.4) is 0 Å². The van der Waals surface area contributed by atoms with Gasteiger partial charge in [0.25, 0.3) is 0 Å². The van der Waals surface area contributed by atoms with E-state index in [9.17, 15) is 0 Å². The minimum Gasteiger partial charge on any atom is -0.496 e. The third-order valence-corrected chi connectivity index (χ3v) is 4.20. The lowest BCUT2D eigenvalue weighted by Crippen LogP contribution is -2.33. The first-order valence-electron chi connectivity index (χ1n) is 7.80. The molecular weight excluding hydrogens is 250 g/mol. The lowest BCUT2D eigenvalue weighted by atomic mass is 9.95. The molecule has 0 spiro atoms. The second-order valence-electron chi connectivity index (χ2n) is 5.63. The van der Waals surface area contributed by atoms with Crippen molar-refractivity contribution in [2.75, 3.05) is 7.11 Å². The smallest absolute Gasteiger partial charge is 0.124 e. The van der Waals surface area contributed by atoms with Crippen LogP contribution in [0.5, 0.6) is 5.75 Å². The van der Waals surface area contributed by atoms with Crippen LogP contribution in [0.4, 0.5) is 0 Å². The summed E-state index contributed by atoms with van der Waals surface area (Å²) in [4.78, 5) is 0. The Morgan fingerprint density at radius 1 is 1.20 bits per heavy atom. The number of para-hydroxylation sites is 1. The van der Waals surface area contributed by atoms with Gasteiger partial charge in [0, 0.05) is 11.6 Å². The Bertz CT molecular complexity index is 402. The third-order valence-electron chi connectivity index (χ3n) is 4.20. The van der Waals surface area contributed by atoms with Gasteiger partial charge in [-0.15, -0.1) is 0 Å². The number of rotatable bonds is 6. The minimum absolute atomic E-state index is 0.00762. The topological polar surface area (TPSA) is 44.5 Å². The van der Waals surface area contributed by atoms with E-state index in [-0.39, 0.29) is 12.1 Å². The Kier molecular flexibility index (Phi) is 5.86. The summed E-state index contributed by atoms with van der Waals surface area (Å²) >= 11 is 0. The average molecular weight is 277 g/mol. The molecule has 20 heavy (non-hydrogen) atoms. The van der Waals surface area contributed by atoms with Crippen molar-refractivity contribution in [1.82, 2.24) is 0 Å². The van der Waals surface area contributed by atoms with Crippen molar-refractivity contribution >= 4 is 0 Å². The molecular formula is C17H27NO2. The van der Waals surface area contributed by atoms with Gasteiger partial charge in [-0.25, -0.2) is 0 Å². The van der Waals surface area contributed by atoms with Crippen molar-refractivity contribution in [3.05, 3.63) is 29.8 Å². The fraction of sp³-hybridized carbons (Fsp3) is 0.647. The van der Waals surface area contributed by atoms with Crippen LogP contribution in [0.1, 0.15) is 57.1 Å². The Morgan fingerprint density at radius 3 is 2.55 bits per heavy atom. The molecule has 2 rings (SSSR count). The summed E-state index contributed by atoms with van der Waals surface area (Å²) in [5.74, 6) is 0.872. The van der Waals surface area contributed by atoms with Crippen molar-refractivity contribution in [1.29, 1.82) is 0 Å². The highest BCUT2D eigenvalue weighted by Gasteiger charge is 2.26. The molecule has 3 heteroatoms. The lowest BCUT2D eigenvalue weighted by molar-refractivity contribution is -0.0445. The van der Waals surface area contributed by atoms with Gasteiger partial charge in [-0.1, -0.05) is 44.4 Å². The van der Waals surface area contributed by atoms with Gasteiger partial charge < -0.3 is 15.2 Å². The third kappa shape index (κ3) is 3.74. The Hall–Kier alpha value is -1.06. The largest absolute Gasteiger partial charge is 0.496 e. The zero-order valence-corrected chi connectivity index (χ0v) is 12.7. The zero-order chi connectivity index (χ0) is 14.4. The van der Waals surface area contributed by atoms with Crippen molar-refractivity contribution in [2.24, 2.45) is 5.73 Å². The van der Waals surface area contributed by atoms with Crippen molar-refractivity contribution in [2.45, 2.75) is 63.7 Å². The van der Waals surface area contributed by atoms with Crippen LogP contribution in [-0.4, -0.2) is 19.3 Å². The van der Waals surface area contributed by atoms with Gasteiger partial charge in [0.1, 0.15) is 11.9 Å². The van der Waals surface area contributed by atoms with E-state index in [1.807, 2.05) is 18.2 Å². The van der Waals surface area contributed by atoms with Crippen molar-refractivity contribution in [3.63, 3.8) is 0 Å². The van der Waals surface area contributed by atoms with Crippen molar-refractivity contribution in [3.8, 4) is 5.75 Å². The molecule has 0 aromatic heterocycles. The molecule has 1 aromatic carbocycles. The summed E-state index contributed by atoms with van der Waals surface area (Å²) < 4.78 is 11.8. The van der Waals surface area contributed by atoms with Gasteiger partial charge in [-0.3, -0.25) is 0 Å². The molecule has 2 N–H and O–H groups in total. The van der Waals surface area contributed by atoms with Crippen LogP contribution in [0, 0.1) is 0 Å². The van der Waals surface area contributed by atoms with Gasteiger partial charge in [0.15, 0.2) is 0 Å². The van der Waals surface area contributed by atoms with Crippen LogP contribution in [0.25, 0.3) is 0 Å². The Balaban J connectivity index is 2.17. The number of benzene rings is 1.